The molecule has 5 heteroatoms. The molecule has 1 aromatic rings. The van der Waals surface area contributed by atoms with Crippen LogP contribution in [0.5, 0.6) is 0 Å². The average Bonchev–Trinajstić information content (AvgIpc) is 2.36. The van der Waals surface area contributed by atoms with Gasteiger partial charge in [0.1, 0.15) is 0 Å². The molecule has 0 aliphatic heterocycles. The maximum atomic E-state index is 13.6. The van der Waals surface area contributed by atoms with E-state index in [9.17, 15) is 8.78 Å². The van der Waals surface area contributed by atoms with Crippen LogP contribution in [-0.4, -0.2) is 18.1 Å². The van der Waals surface area contributed by atoms with Crippen molar-refractivity contribution in [1.82, 2.24) is 4.98 Å². The van der Waals surface area contributed by atoms with Gasteiger partial charge in [-0.25, -0.2) is 13.8 Å². The normalized spacial score (nSPS) is 12.6. The molecule has 1 atom stereocenters. The number of rotatable bonds is 7. The van der Waals surface area contributed by atoms with Gasteiger partial charge in [-0.1, -0.05) is 27.7 Å². The van der Waals surface area contributed by atoms with Crippen molar-refractivity contribution in [2.75, 3.05) is 23.7 Å². The molecule has 1 aromatic heterocycles. The lowest BCUT2D eigenvalue weighted by Gasteiger charge is -2.17. The third-order valence-corrected chi connectivity index (χ3v) is 3.20. The third-order valence-electron chi connectivity index (χ3n) is 3.20. The van der Waals surface area contributed by atoms with Crippen LogP contribution in [0.25, 0.3) is 0 Å². The van der Waals surface area contributed by atoms with Gasteiger partial charge < -0.3 is 10.6 Å². The minimum Gasteiger partial charge on any atom is -0.368 e. The van der Waals surface area contributed by atoms with E-state index in [2.05, 4.69) is 36.4 Å². The Morgan fingerprint density at radius 1 is 1.11 bits per heavy atom. The van der Waals surface area contributed by atoms with Crippen molar-refractivity contribution in [3.8, 4) is 0 Å². The van der Waals surface area contributed by atoms with Crippen LogP contribution in [0, 0.1) is 23.5 Å². The second-order valence-electron chi connectivity index (χ2n) is 5.18. The topological polar surface area (TPSA) is 37.0 Å². The van der Waals surface area contributed by atoms with E-state index >= 15 is 0 Å². The van der Waals surface area contributed by atoms with Crippen LogP contribution in [0.1, 0.15) is 34.1 Å². The summed E-state index contributed by atoms with van der Waals surface area (Å²) in [7, 11) is 0. The summed E-state index contributed by atoms with van der Waals surface area (Å²) in [5, 5.41) is 5.79. The Kier molecular flexibility index (Phi) is 5.99. The first-order valence-corrected chi connectivity index (χ1v) is 6.79. The van der Waals surface area contributed by atoms with E-state index in [1.807, 2.05) is 6.92 Å². The highest BCUT2D eigenvalue weighted by Gasteiger charge is 2.13. The Balaban J connectivity index is 2.76. The van der Waals surface area contributed by atoms with Crippen molar-refractivity contribution >= 4 is 11.6 Å². The van der Waals surface area contributed by atoms with Crippen LogP contribution in [0.3, 0.4) is 0 Å². The van der Waals surface area contributed by atoms with Crippen LogP contribution >= 0.6 is 0 Å². The molecule has 1 heterocycles. The fraction of sp³-hybridized carbons (Fsp3) is 0.643. The van der Waals surface area contributed by atoms with E-state index in [-0.39, 0.29) is 11.6 Å². The van der Waals surface area contributed by atoms with Gasteiger partial charge >= 0.3 is 0 Å². The molecule has 1 rings (SSSR count). The van der Waals surface area contributed by atoms with Gasteiger partial charge in [0.05, 0.1) is 0 Å². The van der Waals surface area contributed by atoms with Crippen LogP contribution in [0.15, 0.2) is 6.07 Å². The van der Waals surface area contributed by atoms with Gasteiger partial charge in [0, 0.05) is 19.2 Å². The molecule has 19 heavy (non-hydrogen) atoms. The number of hydrogen-bond donors (Lipinski definition) is 2. The maximum Gasteiger partial charge on any atom is 0.168 e. The zero-order valence-corrected chi connectivity index (χ0v) is 12.1. The Morgan fingerprint density at radius 3 is 2.21 bits per heavy atom. The minimum atomic E-state index is -0.659. The summed E-state index contributed by atoms with van der Waals surface area (Å²) in [6, 6.07) is 0.868. The number of nitrogens with one attached hydrogen (secondary N) is 2. The van der Waals surface area contributed by atoms with Gasteiger partial charge in [0.2, 0.25) is 0 Å². The number of aromatic nitrogens is 1. The highest BCUT2D eigenvalue weighted by molar-refractivity contribution is 5.47. The Hall–Kier alpha value is -1.39. The third kappa shape index (κ3) is 4.65. The SMILES string of the molecule is CCCNc1nc(NCC(C)C(C)C)c(F)cc1F. The van der Waals surface area contributed by atoms with Crippen LogP contribution in [-0.2, 0) is 0 Å². The summed E-state index contributed by atoms with van der Waals surface area (Å²) in [5.74, 6) is -0.230. The molecule has 0 saturated carbocycles. The molecular weight excluding hydrogens is 248 g/mol. The average molecular weight is 271 g/mol. The van der Waals surface area contributed by atoms with E-state index in [4.69, 9.17) is 0 Å². The monoisotopic (exact) mass is 271 g/mol. The molecule has 0 spiro atoms. The number of pyridine rings is 1. The molecular formula is C14H23F2N3. The zero-order chi connectivity index (χ0) is 14.4. The first kappa shape index (κ1) is 15.7. The van der Waals surface area contributed by atoms with E-state index in [1.165, 1.54) is 0 Å². The molecule has 2 N–H and O–H groups in total. The Morgan fingerprint density at radius 2 is 1.68 bits per heavy atom. The van der Waals surface area contributed by atoms with E-state index in [0.717, 1.165) is 12.5 Å². The standard InChI is InChI=1S/C14H23F2N3/c1-5-6-17-13-11(15)7-12(16)14(19-13)18-8-10(4)9(2)3/h7,9-10H,5-6,8H2,1-4H3,(H2,17,18,19). The van der Waals surface area contributed by atoms with Gasteiger partial charge in [-0.05, 0) is 18.3 Å². The molecule has 3 nitrogen and oxygen atoms in total. The highest BCUT2D eigenvalue weighted by atomic mass is 19.1. The van der Waals surface area contributed by atoms with E-state index in [0.29, 0.717) is 24.9 Å². The lowest BCUT2D eigenvalue weighted by molar-refractivity contribution is 0.438. The van der Waals surface area contributed by atoms with Gasteiger partial charge in [-0.3, -0.25) is 0 Å². The molecule has 0 aliphatic carbocycles. The lowest BCUT2D eigenvalue weighted by atomic mass is 9.98. The van der Waals surface area contributed by atoms with Crippen molar-refractivity contribution < 1.29 is 8.78 Å². The molecule has 0 saturated heterocycles. The van der Waals surface area contributed by atoms with Crippen molar-refractivity contribution in [3.63, 3.8) is 0 Å². The zero-order valence-electron chi connectivity index (χ0n) is 12.1. The van der Waals surface area contributed by atoms with Gasteiger partial charge in [-0.15, -0.1) is 0 Å². The Labute approximate surface area is 113 Å². The van der Waals surface area contributed by atoms with Crippen LogP contribution < -0.4 is 10.6 Å². The molecule has 0 fully saturated rings. The highest BCUT2D eigenvalue weighted by Crippen LogP contribution is 2.20. The minimum absolute atomic E-state index is 0.1000. The largest absolute Gasteiger partial charge is 0.368 e. The summed E-state index contributed by atoms with van der Waals surface area (Å²) in [6.07, 6.45) is 0.853. The molecule has 0 radical (unpaired) electrons. The van der Waals surface area contributed by atoms with Crippen LogP contribution in [0.4, 0.5) is 20.4 Å². The van der Waals surface area contributed by atoms with Gasteiger partial charge in [0.15, 0.2) is 23.3 Å². The fourth-order valence-electron chi connectivity index (χ4n) is 1.45. The molecule has 1 unspecified atom stereocenters. The molecule has 0 amide bonds. The van der Waals surface area contributed by atoms with E-state index < -0.39 is 11.6 Å². The summed E-state index contributed by atoms with van der Waals surface area (Å²) in [4.78, 5) is 3.97. The fourth-order valence-corrected chi connectivity index (χ4v) is 1.45. The second-order valence-corrected chi connectivity index (χ2v) is 5.18. The van der Waals surface area contributed by atoms with Crippen molar-refractivity contribution in [2.45, 2.75) is 34.1 Å². The van der Waals surface area contributed by atoms with Crippen molar-refractivity contribution in [1.29, 1.82) is 0 Å². The second kappa shape index (κ2) is 7.26. The molecule has 0 aromatic carbocycles. The Bertz CT molecular complexity index is 408. The number of halogens is 2. The van der Waals surface area contributed by atoms with Gasteiger partial charge in [0.25, 0.3) is 0 Å². The predicted octanol–water partition coefficient (Wildman–Crippen LogP) is 3.89. The first-order valence-electron chi connectivity index (χ1n) is 6.79. The molecule has 0 aliphatic rings. The van der Waals surface area contributed by atoms with Crippen molar-refractivity contribution in [2.24, 2.45) is 11.8 Å². The quantitative estimate of drug-likeness (QED) is 0.790. The first-order chi connectivity index (χ1) is 8.95. The van der Waals surface area contributed by atoms with Crippen LogP contribution in [0.2, 0.25) is 0 Å². The molecule has 108 valence electrons. The summed E-state index contributed by atoms with van der Waals surface area (Å²) in [5.41, 5.74) is 0. The van der Waals surface area contributed by atoms with Gasteiger partial charge in [-0.2, -0.15) is 0 Å². The van der Waals surface area contributed by atoms with Crippen molar-refractivity contribution in [3.05, 3.63) is 17.7 Å². The number of hydrogen-bond acceptors (Lipinski definition) is 3. The predicted molar refractivity (Wildman–Crippen MR) is 75.4 cm³/mol. The lowest BCUT2D eigenvalue weighted by Crippen LogP contribution is -2.18. The van der Waals surface area contributed by atoms with E-state index in [1.54, 1.807) is 0 Å². The smallest absolute Gasteiger partial charge is 0.168 e. The summed E-state index contributed by atoms with van der Waals surface area (Å²) < 4.78 is 27.1. The summed E-state index contributed by atoms with van der Waals surface area (Å²) in [6.45, 7) is 9.48. The number of anilines is 2. The summed E-state index contributed by atoms with van der Waals surface area (Å²) >= 11 is 0. The maximum absolute atomic E-state index is 13.6. The number of nitrogens with zero attached hydrogens (tertiary/aromatic N) is 1. The molecule has 0 bridgehead atoms.